The van der Waals surface area contributed by atoms with Crippen LogP contribution in [0.15, 0.2) is 11.8 Å². The zero-order chi connectivity index (χ0) is 10.2. The number of ketones is 1. The van der Waals surface area contributed by atoms with E-state index in [2.05, 4.69) is 12.2 Å². The van der Waals surface area contributed by atoms with Crippen molar-refractivity contribution in [1.82, 2.24) is 5.32 Å². The van der Waals surface area contributed by atoms with Crippen molar-refractivity contribution in [3.8, 4) is 0 Å². The van der Waals surface area contributed by atoms with E-state index >= 15 is 0 Å². The van der Waals surface area contributed by atoms with Crippen molar-refractivity contribution in [2.45, 2.75) is 32.6 Å². The van der Waals surface area contributed by atoms with Crippen LogP contribution in [0.5, 0.6) is 0 Å². The minimum absolute atomic E-state index is 0.236. The Labute approximate surface area is 85.5 Å². The van der Waals surface area contributed by atoms with Crippen molar-refractivity contribution in [2.75, 3.05) is 19.8 Å². The molecule has 0 aromatic rings. The summed E-state index contributed by atoms with van der Waals surface area (Å²) in [6, 6.07) is 0. The molecule has 0 heterocycles. The topological polar surface area (TPSA) is 38.3 Å². The van der Waals surface area contributed by atoms with Gasteiger partial charge in [0.15, 0.2) is 5.78 Å². The molecular weight excluding hydrogens is 178 g/mol. The number of carbonyl (C=O) groups excluding carboxylic acids is 1. The number of unbranched alkanes of at least 4 members (excludes halogenated alkanes) is 1. The van der Waals surface area contributed by atoms with Gasteiger partial charge in [-0.15, -0.1) is 0 Å². The fourth-order valence-corrected chi connectivity index (χ4v) is 1.37. The summed E-state index contributed by atoms with van der Waals surface area (Å²) < 4.78 is 5.39. The van der Waals surface area contributed by atoms with E-state index in [1.54, 1.807) is 6.08 Å². The lowest BCUT2D eigenvalue weighted by Gasteiger charge is -2.06. The molecule has 0 fully saturated rings. The van der Waals surface area contributed by atoms with Gasteiger partial charge < -0.3 is 10.1 Å². The molecule has 0 atom stereocenters. The quantitative estimate of drug-likeness (QED) is 0.630. The smallest absolute Gasteiger partial charge is 0.157 e. The Morgan fingerprint density at radius 3 is 2.93 bits per heavy atom. The molecule has 0 spiro atoms. The molecule has 80 valence electrons. The lowest BCUT2D eigenvalue weighted by atomic mass is 10.3. The summed E-state index contributed by atoms with van der Waals surface area (Å²) in [5.41, 5.74) is 1.06. The first-order valence-electron chi connectivity index (χ1n) is 5.38. The number of nitrogens with one attached hydrogen (secondary N) is 1. The largest absolute Gasteiger partial charge is 0.386 e. The van der Waals surface area contributed by atoms with Gasteiger partial charge in [0.25, 0.3) is 0 Å². The molecule has 0 bridgehead atoms. The SMILES string of the molecule is CCCCOCCNC1=CC(=O)CC1. The molecule has 1 N–H and O–H groups in total. The van der Waals surface area contributed by atoms with E-state index in [9.17, 15) is 4.79 Å². The van der Waals surface area contributed by atoms with Crippen LogP contribution in [0.25, 0.3) is 0 Å². The second kappa shape index (κ2) is 6.60. The van der Waals surface area contributed by atoms with Crippen molar-refractivity contribution in [3.63, 3.8) is 0 Å². The van der Waals surface area contributed by atoms with Crippen LogP contribution < -0.4 is 5.32 Å². The molecule has 0 aromatic heterocycles. The molecule has 0 saturated carbocycles. The molecule has 0 radical (unpaired) electrons. The third kappa shape index (κ3) is 4.42. The zero-order valence-corrected chi connectivity index (χ0v) is 8.84. The minimum Gasteiger partial charge on any atom is -0.386 e. The van der Waals surface area contributed by atoms with E-state index in [1.807, 2.05) is 0 Å². The Balaban J connectivity index is 1.94. The Morgan fingerprint density at radius 1 is 1.43 bits per heavy atom. The molecule has 0 amide bonds. The number of hydrogen-bond acceptors (Lipinski definition) is 3. The molecule has 1 aliphatic carbocycles. The summed E-state index contributed by atoms with van der Waals surface area (Å²) in [6.07, 6.45) is 5.53. The summed E-state index contributed by atoms with van der Waals surface area (Å²) in [7, 11) is 0. The van der Waals surface area contributed by atoms with Crippen LogP contribution in [-0.2, 0) is 9.53 Å². The molecule has 1 rings (SSSR count). The van der Waals surface area contributed by atoms with Gasteiger partial charge in [0.05, 0.1) is 6.61 Å². The third-order valence-corrected chi connectivity index (χ3v) is 2.22. The Morgan fingerprint density at radius 2 is 2.29 bits per heavy atom. The first-order chi connectivity index (χ1) is 6.83. The van der Waals surface area contributed by atoms with Crippen molar-refractivity contribution in [1.29, 1.82) is 0 Å². The van der Waals surface area contributed by atoms with Crippen LogP contribution in [0.1, 0.15) is 32.6 Å². The second-order valence-electron chi connectivity index (χ2n) is 3.53. The summed E-state index contributed by atoms with van der Waals surface area (Å²) in [6.45, 7) is 4.53. The minimum atomic E-state index is 0.236. The maximum atomic E-state index is 10.9. The van der Waals surface area contributed by atoms with E-state index in [4.69, 9.17) is 4.74 Å². The van der Waals surface area contributed by atoms with Gasteiger partial charge >= 0.3 is 0 Å². The lowest BCUT2D eigenvalue weighted by Crippen LogP contribution is -2.18. The average Bonchev–Trinajstić information content (AvgIpc) is 2.58. The van der Waals surface area contributed by atoms with E-state index in [-0.39, 0.29) is 5.78 Å². The first-order valence-corrected chi connectivity index (χ1v) is 5.38. The van der Waals surface area contributed by atoms with E-state index in [0.717, 1.165) is 38.3 Å². The van der Waals surface area contributed by atoms with Crippen LogP contribution in [0, 0.1) is 0 Å². The lowest BCUT2D eigenvalue weighted by molar-refractivity contribution is -0.114. The second-order valence-corrected chi connectivity index (χ2v) is 3.53. The average molecular weight is 197 g/mol. The van der Waals surface area contributed by atoms with Crippen LogP contribution in [0.4, 0.5) is 0 Å². The first kappa shape index (κ1) is 11.2. The van der Waals surface area contributed by atoms with Crippen LogP contribution in [-0.4, -0.2) is 25.5 Å². The maximum absolute atomic E-state index is 10.9. The highest BCUT2D eigenvalue weighted by Crippen LogP contribution is 2.10. The fraction of sp³-hybridized carbons (Fsp3) is 0.727. The van der Waals surface area contributed by atoms with Gasteiger partial charge in [-0.3, -0.25) is 4.79 Å². The zero-order valence-electron chi connectivity index (χ0n) is 8.84. The van der Waals surface area contributed by atoms with Crippen molar-refractivity contribution in [3.05, 3.63) is 11.8 Å². The number of hydrogen-bond donors (Lipinski definition) is 1. The Kier molecular flexibility index (Phi) is 5.30. The van der Waals surface area contributed by atoms with E-state index in [0.29, 0.717) is 6.42 Å². The molecule has 3 heteroatoms. The Hall–Kier alpha value is -0.830. The number of carbonyl (C=O) groups is 1. The van der Waals surface area contributed by atoms with Gasteiger partial charge in [-0.1, -0.05) is 13.3 Å². The summed E-state index contributed by atoms with van der Waals surface area (Å²) >= 11 is 0. The summed E-state index contributed by atoms with van der Waals surface area (Å²) in [4.78, 5) is 10.9. The molecule has 0 saturated heterocycles. The van der Waals surface area contributed by atoms with E-state index < -0.39 is 0 Å². The third-order valence-electron chi connectivity index (χ3n) is 2.22. The van der Waals surface area contributed by atoms with Crippen molar-refractivity contribution in [2.24, 2.45) is 0 Å². The molecule has 1 aliphatic rings. The van der Waals surface area contributed by atoms with Gasteiger partial charge in [0, 0.05) is 31.3 Å². The summed E-state index contributed by atoms with van der Waals surface area (Å²) in [5, 5.41) is 3.20. The molecule has 0 unspecified atom stereocenters. The maximum Gasteiger partial charge on any atom is 0.157 e. The van der Waals surface area contributed by atoms with Crippen molar-refractivity contribution >= 4 is 5.78 Å². The van der Waals surface area contributed by atoms with Crippen LogP contribution >= 0.6 is 0 Å². The standard InChI is InChI=1S/C11H19NO2/c1-2-3-7-14-8-6-12-10-4-5-11(13)9-10/h9,12H,2-8H2,1H3. The van der Waals surface area contributed by atoms with Crippen LogP contribution in [0.2, 0.25) is 0 Å². The monoisotopic (exact) mass is 197 g/mol. The Bertz CT molecular complexity index is 211. The highest BCUT2D eigenvalue weighted by molar-refractivity contribution is 5.92. The van der Waals surface area contributed by atoms with Crippen molar-refractivity contribution < 1.29 is 9.53 Å². The van der Waals surface area contributed by atoms with Gasteiger partial charge in [-0.25, -0.2) is 0 Å². The molecule has 3 nitrogen and oxygen atoms in total. The van der Waals surface area contributed by atoms with Gasteiger partial charge in [0.1, 0.15) is 0 Å². The predicted octanol–water partition coefficient (Wildman–Crippen LogP) is 1.64. The molecule has 0 aromatic carbocycles. The molecular formula is C11H19NO2. The molecule has 0 aliphatic heterocycles. The number of rotatable bonds is 7. The molecule has 14 heavy (non-hydrogen) atoms. The van der Waals surface area contributed by atoms with Crippen LogP contribution in [0.3, 0.4) is 0 Å². The number of ether oxygens (including phenoxy) is 1. The highest BCUT2D eigenvalue weighted by atomic mass is 16.5. The number of allylic oxidation sites excluding steroid dienone is 2. The summed E-state index contributed by atoms with van der Waals surface area (Å²) in [5.74, 6) is 0.236. The highest BCUT2D eigenvalue weighted by Gasteiger charge is 2.10. The fourth-order valence-electron chi connectivity index (χ4n) is 1.37. The van der Waals surface area contributed by atoms with Gasteiger partial charge in [0.2, 0.25) is 0 Å². The van der Waals surface area contributed by atoms with Gasteiger partial charge in [-0.2, -0.15) is 0 Å². The normalized spacial score (nSPS) is 15.8. The van der Waals surface area contributed by atoms with E-state index in [1.165, 1.54) is 6.42 Å². The van der Waals surface area contributed by atoms with Gasteiger partial charge in [-0.05, 0) is 12.8 Å². The predicted molar refractivity (Wildman–Crippen MR) is 56.1 cm³/mol.